The number of halogens is 1. The monoisotopic (exact) mass is 332 g/mol. The molecule has 1 N–H and O–H groups in total. The van der Waals surface area contributed by atoms with E-state index in [-0.39, 0.29) is 16.0 Å². The number of rotatable bonds is 5. The predicted octanol–water partition coefficient (Wildman–Crippen LogP) is 2.48. The largest absolute Gasteiger partial charge is 0.481 e. The third kappa shape index (κ3) is 3.96. The van der Waals surface area contributed by atoms with Crippen LogP contribution in [0.25, 0.3) is 0 Å². The molecule has 1 aromatic carbocycles. The van der Waals surface area contributed by atoms with Crippen LogP contribution in [0, 0.1) is 0 Å². The average molecular weight is 333 g/mol. The van der Waals surface area contributed by atoms with Crippen molar-refractivity contribution in [3.63, 3.8) is 0 Å². The minimum atomic E-state index is -3.42. The summed E-state index contributed by atoms with van der Waals surface area (Å²) < 4.78 is 28.5. The zero-order valence-corrected chi connectivity index (χ0v) is 13.2. The van der Waals surface area contributed by atoms with Crippen LogP contribution >= 0.6 is 11.6 Å². The molecule has 7 heteroatoms. The minimum absolute atomic E-state index is 0.00849. The second-order valence-corrected chi connectivity index (χ2v) is 7.61. The van der Waals surface area contributed by atoms with E-state index in [0.29, 0.717) is 18.6 Å². The van der Waals surface area contributed by atoms with Gasteiger partial charge in [-0.15, -0.1) is 0 Å². The molecular formula is C14H17ClO5S. The number of carboxylic acid groups (broad SMARTS) is 1. The summed E-state index contributed by atoms with van der Waals surface area (Å²) in [6, 6.07) is 4.29. The lowest BCUT2D eigenvalue weighted by Crippen LogP contribution is -2.19. The second kappa shape index (κ2) is 6.34. The van der Waals surface area contributed by atoms with Gasteiger partial charge in [0.2, 0.25) is 0 Å². The molecule has 1 heterocycles. The first-order valence-corrected chi connectivity index (χ1v) is 8.90. The molecule has 1 unspecified atom stereocenters. The molecule has 0 spiro atoms. The summed E-state index contributed by atoms with van der Waals surface area (Å²) in [5.41, 5.74) is 0.496. The molecule has 0 aliphatic carbocycles. The second-order valence-electron chi connectivity index (χ2n) is 5.22. The van der Waals surface area contributed by atoms with Crippen molar-refractivity contribution < 1.29 is 23.1 Å². The molecule has 0 bridgehead atoms. The average Bonchev–Trinajstić information content (AvgIpc) is 2.86. The molecule has 1 aliphatic rings. The summed E-state index contributed by atoms with van der Waals surface area (Å²) in [4.78, 5) is 11.5. The molecule has 0 amide bonds. The van der Waals surface area contributed by atoms with Gasteiger partial charge in [-0.3, -0.25) is 4.79 Å². The molecule has 116 valence electrons. The molecule has 2 rings (SSSR count). The molecule has 0 aromatic heterocycles. The highest BCUT2D eigenvalue weighted by Crippen LogP contribution is 2.31. The van der Waals surface area contributed by atoms with Crippen LogP contribution in [0.5, 0.6) is 0 Å². The molecule has 5 nitrogen and oxygen atoms in total. The zero-order chi connectivity index (χ0) is 15.6. The highest BCUT2D eigenvalue weighted by molar-refractivity contribution is 7.90. The molecule has 1 aliphatic heterocycles. The number of hydrogen-bond donors (Lipinski definition) is 1. The van der Waals surface area contributed by atoms with Crippen molar-refractivity contribution in [1.82, 2.24) is 0 Å². The van der Waals surface area contributed by atoms with Crippen molar-refractivity contribution in [2.45, 2.75) is 36.2 Å². The Morgan fingerprint density at radius 3 is 2.71 bits per heavy atom. The molecule has 0 radical (unpaired) electrons. The van der Waals surface area contributed by atoms with E-state index in [2.05, 4.69) is 0 Å². The fourth-order valence-electron chi connectivity index (χ4n) is 2.51. The Labute approximate surface area is 128 Å². The quantitative estimate of drug-likeness (QED) is 0.896. The lowest BCUT2D eigenvalue weighted by molar-refractivity contribution is -0.139. The van der Waals surface area contributed by atoms with E-state index in [9.17, 15) is 18.3 Å². The topological polar surface area (TPSA) is 80.7 Å². The first-order chi connectivity index (χ1) is 9.79. The van der Waals surface area contributed by atoms with Crippen LogP contribution in [-0.4, -0.2) is 38.5 Å². The fraction of sp³-hybridized carbons (Fsp3) is 0.500. The third-order valence-electron chi connectivity index (χ3n) is 3.58. The molecule has 1 saturated heterocycles. The predicted molar refractivity (Wildman–Crippen MR) is 78.5 cm³/mol. The number of aliphatic carboxylic acids is 1. The first kappa shape index (κ1) is 16.3. The van der Waals surface area contributed by atoms with Crippen LogP contribution < -0.4 is 0 Å². The normalized spacial score (nSPS) is 20.4. The maximum atomic E-state index is 11.5. The van der Waals surface area contributed by atoms with E-state index in [1.54, 1.807) is 0 Å². The maximum absolute atomic E-state index is 11.5. The summed E-state index contributed by atoms with van der Waals surface area (Å²) in [6.45, 7) is 0.658. The van der Waals surface area contributed by atoms with Crippen molar-refractivity contribution in [3.8, 4) is 0 Å². The van der Waals surface area contributed by atoms with Crippen molar-refractivity contribution in [2.24, 2.45) is 0 Å². The Balaban J connectivity index is 2.28. The molecule has 1 aromatic rings. The van der Waals surface area contributed by atoms with Gasteiger partial charge in [0.25, 0.3) is 0 Å². The third-order valence-corrected chi connectivity index (χ3v) is 5.16. The first-order valence-electron chi connectivity index (χ1n) is 6.63. The number of ether oxygens (including phenoxy) is 1. The number of carboxylic acids is 1. The van der Waals surface area contributed by atoms with Gasteiger partial charge in [-0.2, -0.15) is 0 Å². The van der Waals surface area contributed by atoms with Gasteiger partial charge in [-0.25, -0.2) is 8.42 Å². The molecular weight excluding hydrogens is 316 g/mol. The summed E-state index contributed by atoms with van der Waals surface area (Å²) in [5.74, 6) is -1.71. The van der Waals surface area contributed by atoms with Crippen LogP contribution in [-0.2, 0) is 19.4 Å². The van der Waals surface area contributed by atoms with Crippen LogP contribution in [0.4, 0.5) is 0 Å². The maximum Gasteiger partial charge on any atom is 0.311 e. The fourth-order valence-corrected chi connectivity index (χ4v) is 3.84. The number of hydrogen-bond acceptors (Lipinski definition) is 4. The van der Waals surface area contributed by atoms with Crippen molar-refractivity contribution in [3.05, 3.63) is 28.8 Å². The summed E-state index contributed by atoms with van der Waals surface area (Å²) in [7, 11) is -3.42. The summed E-state index contributed by atoms with van der Waals surface area (Å²) in [5, 5.41) is 9.44. The Hall–Kier alpha value is -1.11. The molecule has 1 fully saturated rings. The standard InChI is InChI=1S/C14H17ClO5S/c1-21(18,19)13-5-4-9(7-12(13)15)11(14(16)17)8-10-3-2-6-20-10/h4-5,7,10-11H,2-3,6,8H2,1H3,(H,16,17)/t10-,11?/m1/s1. The Kier molecular flexibility index (Phi) is 4.91. The van der Waals surface area contributed by atoms with Crippen LogP contribution in [0.1, 0.15) is 30.7 Å². The van der Waals surface area contributed by atoms with Gasteiger partial charge in [-0.1, -0.05) is 17.7 Å². The Morgan fingerprint density at radius 1 is 1.52 bits per heavy atom. The van der Waals surface area contributed by atoms with Gasteiger partial charge in [0, 0.05) is 12.9 Å². The van der Waals surface area contributed by atoms with E-state index in [1.165, 1.54) is 18.2 Å². The van der Waals surface area contributed by atoms with Crippen molar-refractivity contribution in [1.29, 1.82) is 0 Å². The highest BCUT2D eigenvalue weighted by Gasteiger charge is 2.27. The van der Waals surface area contributed by atoms with Gasteiger partial charge >= 0.3 is 5.97 Å². The van der Waals surface area contributed by atoms with E-state index in [0.717, 1.165) is 19.1 Å². The van der Waals surface area contributed by atoms with Crippen LogP contribution in [0.2, 0.25) is 5.02 Å². The summed E-state index contributed by atoms with van der Waals surface area (Å²) in [6.07, 6.45) is 3.14. The summed E-state index contributed by atoms with van der Waals surface area (Å²) >= 11 is 5.98. The lowest BCUT2D eigenvalue weighted by atomic mass is 9.92. The Bertz CT molecular complexity index is 635. The van der Waals surface area contributed by atoms with Gasteiger partial charge in [0.05, 0.1) is 21.9 Å². The molecule has 0 saturated carbocycles. The van der Waals surface area contributed by atoms with E-state index in [4.69, 9.17) is 16.3 Å². The van der Waals surface area contributed by atoms with E-state index < -0.39 is 21.7 Å². The van der Waals surface area contributed by atoms with Gasteiger partial charge < -0.3 is 9.84 Å². The van der Waals surface area contributed by atoms with E-state index in [1.807, 2.05) is 0 Å². The molecule has 2 atom stereocenters. The van der Waals surface area contributed by atoms with Gasteiger partial charge in [0.1, 0.15) is 0 Å². The Morgan fingerprint density at radius 2 is 2.24 bits per heavy atom. The smallest absolute Gasteiger partial charge is 0.311 e. The van der Waals surface area contributed by atoms with Gasteiger partial charge in [-0.05, 0) is 37.0 Å². The zero-order valence-electron chi connectivity index (χ0n) is 11.6. The number of carbonyl (C=O) groups is 1. The minimum Gasteiger partial charge on any atom is -0.481 e. The number of benzene rings is 1. The lowest BCUT2D eigenvalue weighted by Gasteiger charge is -2.17. The number of sulfone groups is 1. The van der Waals surface area contributed by atoms with Crippen molar-refractivity contribution >= 4 is 27.4 Å². The van der Waals surface area contributed by atoms with Crippen LogP contribution in [0.3, 0.4) is 0 Å². The van der Waals surface area contributed by atoms with Crippen LogP contribution in [0.15, 0.2) is 23.1 Å². The molecule has 21 heavy (non-hydrogen) atoms. The van der Waals surface area contributed by atoms with Crippen molar-refractivity contribution in [2.75, 3.05) is 12.9 Å². The SMILES string of the molecule is CS(=O)(=O)c1ccc(C(C[C@H]2CCCO2)C(=O)O)cc1Cl. The van der Waals surface area contributed by atoms with E-state index >= 15 is 0 Å². The van der Waals surface area contributed by atoms with Gasteiger partial charge in [0.15, 0.2) is 9.84 Å². The highest BCUT2D eigenvalue weighted by atomic mass is 35.5.